The molecular weight excluding hydrogens is 432 g/mol. The Hall–Kier alpha value is -3.55. The molecule has 2 heterocycles. The Morgan fingerprint density at radius 2 is 1.97 bits per heavy atom. The van der Waals surface area contributed by atoms with Crippen molar-refractivity contribution in [1.29, 1.82) is 0 Å². The SMILES string of the molecule is COc1ccc(-c2csc3nc(Nc4ccc(S(N)(=O)=O)cc4[N+](=O)[O-])nn23)cc1. The van der Waals surface area contributed by atoms with E-state index in [2.05, 4.69) is 15.4 Å². The van der Waals surface area contributed by atoms with Crippen LogP contribution in [0.4, 0.5) is 17.3 Å². The summed E-state index contributed by atoms with van der Waals surface area (Å²) in [5, 5.41) is 25.5. The Bertz CT molecular complexity index is 1360. The van der Waals surface area contributed by atoms with Gasteiger partial charge in [-0.2, -0.15) is 4.98 Å². The van der Waals surface area contributed by atoms with Crippen LogP contribution in [0.15, 0.2) is 52.7 Å². The molecule has 0 aliphatic rings. The smallest absolute Gasteiger partial charge is 0.294 e. The van der Waals surface area contributed by atoms with Gasteiger partial charge in [0.05, 0.1) is 22.6 Å². The van der Waals surface area contributed by atoms with Crippen LogP contribution in [0.25, 0.3) is 16.2 Å². The summed E-state index contributed by atoms with van der Waals surface area (Å²) < 4.78 is 29.7. The van der Waals surface area contributed by atoms with E-state index in [4.69, 9.17) is 9.88 Å². The molecule has 154 valence electrons. The molecular formula is C17H14N6O5S2. The van der Waals surface area contributed by atoms with Crippen LogP contribution in [-0.2, 0) is 10.0 Å². The number of nitrogens with two attached hydrogens (primary N) is 1. The number of thiazole rings is 1. The first kappa shape index (κ1) is 19.8. The Labute approximate surface area is 173 Å². The highest BCUT2D eigenvalue weighted by Gasteiger charge is 2.21. The number of anilines is 2. The van der Waals surface area contributed by atoms with E-state index in [-0.39, 0.29) is 16.5 Å². The number of fused-ring (bicyclic) bond motifs is 1. The third-order valence-electron chi connectivity index (χ3n) is 4.21. The second-order valence-electron chi connectivity index (χ2n) is 6.09. The van der Waals surface area contributed by atoms with Crippen molar-refractivity contribution in [2.45, 2.75) is 4.90 Å². The van der Waals surface area contributed by atoms with Crippen LogP contribution < -0.4 is 15.2 Å². The normalized spacial score (nSPS) is 11.5. The second kappa shape index (κ2) is 7.37. The summed E-state index contributed by atoms with van der Waals surface area (Å²) >= 11 is 1.35. The van der Waals surface area contributed by atoms with Gasteiger partial charge in [-0.15, -0.1) is 16.4 Å². The van der Waals surface area contributed by atoms with Crippen molar-refractivity contribution in [2.24, 2.45) is 5.14 Å². The van der Waals surface area contributed by atoms with Gasteiger partial charge in [0.25, 0.3) is 5.69 Å². The van der Waals surface area contributed by atoms with E-state index < -0.39 is 20.6 Å². The van der Waals surface area contributed by atoms with Gasteiger partial charge in [0.15, 0.2) is 0 Å². The summed E-state index contributed by atoms with van der Waals surface area (Å²) in [5.74, 6) is 0.851. The van der Waals surface area contributed by atoms with Gasteiger partial charge in [0.2, 0.25) is 20.9 Å². The number of ether oxygens (including phenoxy) is 1. The van der Waals surface area contributed by atoms with Crippen molar-refractivity contribution < 1.29 is 18.1 Å². The molecule has 2 aromatic carbocycles. The zero-order chi connectivity index (χ0) is 21.5. The lowest BCUT2D eigenvalue weighted by atomic mass is 10.2. The first-order valence-electron chi connectivity index (χ1n) is 8.33. The molecule has 0 aliphatic carbocycles. The van der Waals surface area contributed by atoms with Gasteiger partial charge in [-0.25, -0.2) is 18.1 Å². The Morgan fingerprint density at radius 1 is 1.23 bits per heavy atom. The number of hydrogen-bond acceptors (Lipinski definition) is 9. The highest BCUT2D eigenvalue weighted by Crippen LogP contribution is 2.31. The molecule has 0 fully saturated rings. The highest BCUT2D eigenvalue weighted by atomic mass is 32.2. The highest BCUT2D eigenvalue weighted by molar-refractivity contribution is 7.89. The van der Waals surface area contributed by atoms with Gasteiger partial charge >= 0.3 is 0 Å². The first-order chi connectivity index (χ1) is 14.3. The first-order valence-corrected chi connectivity index (χ1v) is 10.8. The minimum Gasteiger partial charge on any atom is -0.497 e. The molecule has 0 saturated carbocycles. The number of rotatable bonds is 6. The zero-order valence-corrected chi connectivity index (χ0v) is 17.0. The summed E-state index contributed by atoms with van der Waals surface area (Å²) in [7, 11) is -2.49. The lowest BCUT2D eigenvalue weighted by Crippen LogP contribution is -2.12. The summed E-state index contributed by atoms with van der Waals surface area (Å²) in [6, 6.07) is 10.7. The predicted octanol–water partition coefficient (Wildman–Crippen LogP) is 2.77. The number of aromatic nitrogens is 3. The minimum atomic E-state index is -4.08. The van der Waals surface area contributed by atoms with Gasteiger partial charge in [-0.05, 0) is 36.4 Å². The fourth-order valence-electron chi connectivity index (χ4n) is 2.76. The third kappa shape index (κ3) is 3.68. The largest absolute Gasteiger partial charge is 0.497 e. The van der Waals surface area contributed by atoms with Gasteiger partial charge in [-0.1, -0.05) is 0 Å². The lowest BCUT2D eigenvalue weighted by molar-refractivity contribution is -0.384. The van der Waals surface area contributed by atoms with Crippen LogP contribution in [0.1, 0.15) is 0 Å². The number of hydrogen-bond donors (Lipinski definition) is 2. The van der Waals surface area contributed by atoms with E-state index in [1.807, 2.05) is 29.6 Å². The maximum Gasteiger partial charge on any atom is 0.294 e. The van der Waals surface area contributed by atoms with E-state index in [1.165, 1.54) is 23.5 Å². The second-order valence-corrected chi connectivity index (χ2v) is 8.48. The molecule has 0 amide bonds. The van der Waals surface area contributed by atoms with Gasteiger partial charge < -0.3 is 10.1 Å². The molecule has 0 saturated heterocycles. The van der Waals surface area contributed by atoms with Crippen LogP contribution in [0.2, 0.25) is 0 Å². The minimum absolute atomic E-state index is 0.0386. The molecule has 2 aromatic heterocycles. The summed E-state index contributed by atoms with van der Waals surface area (Å²) in [4.78, 5) is 15.2. The number of primary sulfonamides is 1. The Morgan fingerprint density at radius 3 is 2.60 bits per heavy atom. The van der Waals surface area contributed by atoms with E-state index in [1.54, 1.807) is 11.6 Å². The maximum absolute atomic E-state index is 11.5. The van der Waals surface area contributed by atoms with Crippen LogP contribution >= 0.6 is 11.3 Å². The van der Waals surface area contributed by atoms with Crippen molar-refractivity contribution in [2.75, 3.05) is 12.4 Å². The molecule has 3 N–H and O–H groups in total. The Kier molecular flexibility index (Phi) is 4.85. The summed E-state index contributed by atoms with van der Waals surface area (Å²) in [6.07, 6.45) is 0. The number of nitrogens with one attached hydrogen (secondary N) is 1. The molecule has 30 heavy (non-hydrogen) atoms. The fraction of sp³-hybridized carbons (Fsp3) is 0.0588. The molecule has 4 rings (SSSR count). The van der Waals surface area contributed by atoms with Gasteiger partial charge in [0.1, 0.15) is 11.4 Å². The number of methoxy groups -OCH3 is 1. The monoisotopic (exact) mass is 446 g/mol. The van der Waals surface area contributed by atoms with Crippen LogP contribution in [-0.4, -0.2) is 35.0 Å². The number of nitro groups is 1. The predicted molar refractivity (Wildman–Crippen MR) is 111 cm³/mol. The quantitative estimate of drug-likeness (QED) is 0.338. The molecule has 11 nitrogen and oxygen atoms in total. The maximum atomic E-state index is 11.5. The third-order valence-corrected chi connectivity index (χ3v) is 5.94. The standard InChI is InChI=1S/C17H14N6O5S2/c1-28-11-4-2-10(3-5-11)15-9-29-17-20-16(21-22(15)17)19-13-7-6-12(30(18,26)27)8-14(13)23(24)25/h2-9H,1H3,(H,19,21)(H2,18,26,27). The Balaban J connectivity index is 1.70. The number of sulfonamides is 1. The van der Waals surface area contributed by atoms with E-state index in [0.717, 1.165) is 23.1 Å². The van der Waals surface area contributed by atoms with E-state index in [0.29, 0.717) is 4.96 Å². The van der Waals surface area contributed by atoms with Crippen LogP contribution in [0.3, 0.4) is 0 Å². The summed E-state index contributed by atoms with van der Waals surface area (Å²) in [5.41, 5.74) is 1.26. The van der Waals surface area contributed by atoms with Gasteiger partial charge in [0, 0.05) is 17.0 Å². The average Bonchev–Trinajstić information content (AvgIpc) is 3.27. The van der Waals surface area contributed by atoms with Crippen molar-refractivity contribution in [1.82, 2.24) is 14.6 Å². The topological polar surface area (TPSA) is 155 Å². The number of benzene rings is 2. The van der Waals surface area contributed by atoms with E-state index in [9.17, 15) is 18.5 Å². The number of nitrogens with zero attached hydrogens (tertiary/aromatic N) is 4. The average molecular weight is 446 g/mol. The summed E-state index contributed by atoms with van der Waals surface area (Å²) in [6.45, 7) is 0. The lowest BCUT2D eigenvalue weighted by Gasteiger charge is -2.05. The molecule has 4 aromatic rings. The van der Waals surface area contributed by atoms with Crippen molar-refractivity contribution >= 4 is 43.6 Å². The van der Waals surface area contributed by atoms with Crippen molar-refractivity contribution in [3.05, 3.63) is 58.0 Å². The zero-order valence-electron chi connectivity index (χ0n) is 15.3. The van der Waals surface area contributed by atoms with Crippen LogP contribution in [0, 0.1) is 10.1 Å². The molecule has 13 heteroatoms. The van der Waals surface area contributed by atoms with Crippen molar-refractivity contribution in [3.8, 4) is 17.0 Å². The van der Waals surface area contributed by atoms with Gasteiger partial charge in [-0.3, -0.25) is 10.1 Å². The molecule has 0 radical (unpaired) electrons. The molecule has 0 aliphatic heterocycles. The molecule has 0 atom stereocenters. The van der Waals surface area contributed by atoms with E-state index >= 15 is 0 Å². The molecule has 0 unspecified atom stereocenters. The number of nitro benzene ring substituents is 1. The fourth-order valence-corrected chi connectivity index (χ4v) is 4.12. The molecule has 0 spiro atoms. The van der Waals surface area contributed by atoms with Crippen LogP contribution in [0.5, 0.6) is 5.75 Å². The molecule has 0 bridgehead atoms. The van der Waals surface area contributed by atoms with Crippen molar-refractivity contribution in [3.63, 3.8) is 0 Å².